The molecule has 1 atom stereocenters. The summed E-state index contributed by atoms with van der Waals surface area (Å²) in [5.41, 5.74) is 1.73. The van der Waals surface area contributed by atoms with Crippen LogP contribution in [0.15, 0.2) is 36.5 Å². The Kier molecular flexibility index (Phi) is 2.56. The lowest BCUT2D eigenvalue weighted by atomic mass is 10.0. The fraction of sp³-hybridized carbons (Fsp3) is 0.167. The van der Waals surface area contributed by atoms with E-state index in [1.165, 1.54) is 6.07 Å². The third-order valence-electron chi connectivity index (χ3n) is 2.37. The van der Waals surface area contributed by atoms with Crippen LogP contribution in [0.2, 0.25) is 0 Å². The number of nitrogens with one attached hydrogen (secondary N) is 1. The Labute approximate surface area is 87.4 Å². The van der Waals surface area contributed by atoms with E-state index in [1.807, 2.05) is 6.92 Å². The van der Waals surface area contributed by atoms with Crippen LogP contribution in [0.25, 0.3) is 0 Å². The molecule has 0 saturated heterocycles. The zero-order valence-electron chi connectivity index (χ0n) is 8.37. The van der Waals surface area contributed by atoms with Crippen LogP contribution >= 0.6 is 0 Å². The first-order chi connectivity index (χ1) is 7.18. The molecule has 0 aliphatic rings. The molecule has 2 N–H and O–H groups in total. The van der Waals surface area contributed by atoms with E-state index in [0.717, 1.165) is 5.56 Å². The number of H-pyrrole nitrogens is 1. The first-order valence-electron chi connectivity index (χ1n) is 4.76. The van der Waals surface area contributed by atoms with Gasteiger partial charge in [-0.1, -0.05) is 12.1 Å². The van der Waals surface area contributed by atoms with Crippen molar-refractivity contribution in [3.8, 4) is 0 Å². The van der Waals surface area contributed by atoms with Crippen LogP contribution in [-0.2, 0) is 0 Å². The summed E-state index contributed by atoms with van der Waals surface area (Å²) in [4.78, 5) is 2.86. The van der Waals surface area contributed by atoms with Crippen LogP contribution in [-0.4, -0.2) is 10.1 Å². The fourth-order valence-electron chi connectivity index (χ4n) is 1.54. The van der Waals surface area contributed by atoms with Crippen molar-refractivity contribution in [1.82, 2.24) is 4.98 Å². The Bertz CT molecular complexity index is 451. The summed E-state index contributed by atoms with van der Waals surface area (Å²) in [6.45, 7) is 1.81. The lowest BCUT2D eigenvalue weighted by Crippen LogP contribution is -2.03. The monoisotopic (exact) mass is 205 g/mol. The Morgan fingerprint density at radius 1 is 1.33 bits per heavy atom. The van der Waals surface area contributed by atoms with E-state index >= 15 is 0 Å². The minimum absolute atomic E-state index is 0.294. The second-order valence-corrected chi connectivity index (χ2v) is 3.55. The molecular weight excluding hydrogens is 193 g/mol. The number of aryl methyl sites for hydroxylation is 1. The lowest BCUT2D eigenvalue weighted by molar-refractivity contribution is 0.210. The number of hydrogen-bond donors (Lipinski definition) is 2. The van der Waals surface area contributed by atoms with E-state index < -0.39 is 6.10 Å². The number of benzene rings is 1. The largest absolute Gasteiger partial charge is 0.382 e. The highest BCUT2D eigenvalue weighted by Gasteiger charge is 2.15. The minimum Gasteiger partial charge on any atom is -0.382 e. The standard InChI is InChI=1S/C12H12FNO/c1-8-4-5-9(10(13)7-8)12(15)11-3-2-6-14-11/h2-7,12,14-15H,1H3. The summed E-state index contributed by atoms with van der Waals surface area (Å²) >= 11 is 0. The minimum atomic E-state index is -0.930. The molecule has 78 valence electrons. The molecule has 0 bridgehead atoms. The van der Waals surface area contributed by atoms with Gasteiger partial charge < -0.3 is 10.1 Å². The molecule has 1 heterocycles. The van der Waals surface area contributed by atoms with Gasteiger partial charge in [-0.05, 0) is 30.7 Å². The van der Waals surface area contributed by atoms with Crippen molar-refractivity contribution in [2.24, 2.45) is 0 Å². The van der Waals surface area contributed by atoms with Crippen LogP contribution in [0.3, 0.4) is 0 Å². The molecule has 0 radical (unpaired) electrons. The molecule has 2 aromatic rings. The number of hydrogen-bond acceptors (Lipinski definition) is 1. The van der Waals surface area contributed by atoms with Gasteiger partial charge in [-0.3, -0.25) is 0 Å². The summed E-state index contributed by atoms with van der Waals surface area (Å²) in [6.07, 6.45) is 0.769. The van der Waals surface area contributed by atoms with Gasteiger partial charge in [0, 0.05) is 17.5 Å². The average molecular weight is 205 g/mol. The zero-order chi connectivity index (χ0) is 10.8. The SMILES string of the molecule is Cc1ccc(C(O)c2ccc[nH]2)c(F)c1. The predicted molar refractivity (Wildman–Crippen MR) is 56.0 cm³/mol. The summed E-state index contributed by atoms with van der Waals surface area (Å²) in [5, 5.41) is 9.88. The van der Waals surface area contributed by atoms with Gasteiger partial charge >= 0.3 is 0 Å². The van der Waals surface area contributed by atoms with E-state index in [4.69, 9.17) is 0 Å². The molecule has 2 rings (SSSR count). The van der Waals surface area contributed by atoms with Crippen molar-refractivity contribution in [1.29, 1.82) is 0 Å². The summed E-state index contributed by atoms with van der Waals surface area (Å²) in [6, 6.07) is 8.30. The van der Waals surface area contributed by atoms with E-state index in [2.05, 4.69) is 4.98 Å². The average Bonchev–Trinajstić information content (AvgIpc) is 2.69. The van der Waals surface area contributed by atoms with Gasteiger partial charge in [0.2, 0.25) is 0 Å². The Morgan fingerprint density at radius 3 is 2.73 bits per heavy atom. The Balaban J connectivity index is 2.38. The van der Waals surface area contributed by atoms with E-state index in [-0.39, 0.29) is 5.82 Å². The van der Waals surface area contributed by atoms with Gasteiger partial charge in [-0.2, -0.15) is 0 Å². The highest BCUT2D eigenvalue weighted by atomic mass is 19.1. The number of aliphatic hydroxyl groups excluding tert-OH is 1. The van der Waals surface area contributed by atoms with Crippen molar-refractivity contribution in [2.75, 3.05) is 0 Å². The van der Waals surface area contributed by atoms with Gasteiger partial charge in [-0.15, -0.1) is 0 Å². The number of halogens is 1. The third-order valence-corrected chi connectivity index (χ3v) is 2.37. The maximum Gasteiger partial charge on any atom is 0.129 e. The molecular formula is C12H12FNO. The van der Waals surface area contributed by atoms with Gasteiger partial charge in [0.15, 0.2) is 0 Å². The number of aromatic nitrogens is 1. The first-order valence-corrected chi connectivity index (χ1v) is 4.76. The smallest absolute Gasteiger partial charge is 0.129 e. The van der Waals surface area contributed by atoms with E-state index in [9.17, 15) is 9.50 Å². The molecule has 15 heavy (non-hydrogen) atoms. The maximum absolute atomic E-state index is 13.5. The number of rotatable bonds is 2. The summed E-state index contributed by atoms with van der Waals surface area (Å²) in [7, 11) is 0. The summed E-state index contributed by atoms with van der Waals surface area (Å²) < 4.78 is 13.5. The topological polar surface area (TPSA) is 36.0 Å². The first kappa shape index (κ1) is 9.93. The molecule has 0 fully saturated rings. The maximum atomic E-state index is 13.5. The van der Waals surface area contributed by atoms with Crippen molar-refractivity contribution < 1.29 is 9.50 Å². The molecule has 2 nitrogen and oxygen atoms in total. The van der Waals surface area contributed by atoms with Gasteiger partial charge in [-0.25, -0.2) is 4.39 Å². The second-order valence-electron chi connectivity index (χ2n) is 3.55. The van der Waals surface area contributed by atoms with Crippen LogP contribution in [0.1, 0.15) is 22.9 Å². The molecule has 0 spiro atoms. The van der Waals surface area contributed by atoms with Gasteiger partial charge in [0.05, 0.1) is 0 Å². The zero-order valence-corrected chi connectivity index (χ0v) is 8.37. The van der Waals surface area contributed by atoms with Crippen LogP contribution in [0, 0.1) is 12.7 Å². The highest BCUT2D eigenvalue weighted by Crippen LogP contribution is 2.23. The molecule has 1 aromatic carbocycles. The van der Waals surface area contributed by atoms with Crippen molar-refractivity contribution in [2.45, 2.75) is 13.0 Å². The second kappa shape index (κ2) is 3.87. The normalized spacial score (nSPS) is 12.7. The summed E-state index contributed by atoms with van der Waals surface area (Å²) in [5.74, 6) is -0.378. The molecule has 3 heteroatoms. The van der Waals surface area contributed by atoms with Gasteiger partial charge in [0.25, 0.3) is 0 Å². The highest BCUT2D eigenvalue weighted by molar-refractivity contribution is 5.30. The molecule has 0 aliphatic carbocycles. The number of aromatic amines is 1. The Morgan fingerprint density at radius 2 is 2.13 bits per heavy atom. The number of aliphatic hydroxyl groups is 1. The van der Waals surface area contributed by atoms with Crippen molar-refractivity contribution in [3.05, 3.63) is 59.2 Å². The van der Waals surface area contributed by atoms with E-state index in [1.54, 1.807) is 30.5 Å². The van der Waals surface area contributed by atoms with Crippen LogP contribution < -0.4 is 0 Å². The van der Waals surface area contributed by atoms with Gasteiger partial charge in [0.1, 0.15) is 11.9 Å². The van der Waals surface area contributed by atoms with Crippen LogP contribution in [0.5, 0.6) is 0 Å². The molecule has 0 aliphatic heterocycles. The van der Waals surface area contributed by atoms with Crippen molar-refractivity contribution in [3.63, 3.8) is 0 Å². The van der Waals surface area contributed by atoms with Crippen LogP contribution in [0.4, 0.5) is 4.39 Å². The van der Waals surface area contributed by atoms with Crippen molar-refractivity contribution >= 4 is 0 Å². The lowest BCUT2D eigenvalue weighted by Gasteiger charge is -2.10. The molecule has 0 amide bonds. The fourth-order valence-corrected chi connectivity index (χ4v) is 1.54. The molecule has 0 saturated carbocycles. The molecule has 1 aromatic heterocycles. The Hall–Kier alpha value is -1.61. The van der Waals surface area contributed by atoms with E-state index in [0.29, 0.717) is 11.3 Å². The predicted octanol–water partition coefficient (Wildman–Crippen LogP) is 2.54. The third kappa shape index (κ3) is 1.92. The molecule has 1 unspecified atom stereocenters. The quantitative estimate of drug-likeness (QED) is 0.776.